The van der Waals surface area contributed by atoms with Crippen molar-refractivity contribution in [3.63, 3.8) is 0 Å². The Labute approximate surface area is 127 Å². The average Bonchev–Trinajstić information content (AvgIpc) is 2.78. The Morgan fingerprint density at radius 3 is 2.27 bits per heavy atom. The van der Waals surface area contributed by atoms with E-state index in [1.54, 1.807) is 6.92 Å². The molecule has 0 radical (unpaired) electrons. The number of likely N-dealkylation sites (N-methyl/N-ethyl adjacent to an activating group) is 1. The summed E-state index contributed by atoms with van der Waals surface area (Å²) in [6, 6.07) is -0.836. The van der Waals surface area contributed by atoms with Gasteiger partial charge in [-0.05, 0) is 20.3 Å². The first-order chi connectivity index (χ1) is 10.1. The summed E-state index contributed by atoms with van der Waals surface area (Å²) >= 11 is 0. The third kappa shape index (κ3) is 2.96. The summed E-state index contributed by atoms with van der Waals surface area (Å²) in [7, 11) is -3.19. The first-order valence-corrected chi connectivity index (χ1v) is 8.59. The standard InChI is InChI=1S/C12H17N3O6S/c1-3-14-9(17)10(18)15(11(14)19)6-8(16)13-12(2)4-5-22(20,21)7-12/h3-7H2,1-2H3,(H,13,16)/t12-/m1/s1. The maximum absolute atomic E-state index is 12.0. The molecule has 0 aromatic carbocycles. The number of amides is 5. The highest BCUT2D eigenvalue weighted by Gasteiger charge is 2.45. The molecule has 0 aromatic heterocycles. The Morgan fingerprint density at radius 2 is 1.82 bits per heavy atom. The van der Waals surface area contributed by atoms with Crippen LogP contribution in [-0.4, -0.2) is 72.1 Å². The summed E-state index contributed by atoms with van der Waals surface area (Å²) in [5.41, 5.74) is -0.920. The van der Waals surface area contributed by atoms with Crippen LogP contribution in [0.2, 0.25) is 0 Å². The Bertz CT molecular complexity index is 658. The van der Waals surface area contributed by atoms with E-state index in [2.05, 4.69) is 5.32 Å². The molecule has 1 atom stereocenters. The van der Waals surface area contributed by atoms with Crippen LogP contribution in [0, 0.1) is 0 Å². The molecule has 1 N–H and O–H groups in total. The molecule has 2 aliphatic rings. The number of nitrogens with zero attached hydrogens (tertiary/aromatic N) is 2. The van der Waals surface area contributed by atoms with E-state index in [1.165, 1.54) is 6.92 Å². The van der Waals surface area contributed by atoms with Crippen molar-refractivity contribution in [3.05, 3.63) is 0 Å². The molecule has 0 spiro atoms. The summed E-state index contributed by atoms with van der Waals surface area (Å²) in [4.78, 5) is 48.4. The summed E-state index contributed by atoms with van der Waals surface area (Å²) in [5, 5.41) is 2.53. The number of rotatable bonds is 4. The van der Waals surface area contributed by atoms with E-state index in [4.69, 9.17) is 0 Å². The molecule has 0 aromatic rings. The molecule has 2 saturated heterocycles. The van der Waals surface area contributed by atoms with Crippen LogP contribution < -0.4 is 5.32 Å². The number of imide groups is 2. The molecule has 0 unspecified atom stereocenters. The minimum absolute atomic E-state index is 0.0204. The van der Waals surface area contributed by atoms with E-state index in [-0.39, 0.29) is 24.5 Å². The smallest absolute Gasteiger partial charge is 0.334 e. The van der Waals surface area contributed by atoms with Gasteiger partial charge in [0.1, 0.15) is 6.54 Å². The fraction of sp³-hybridized carbons (Fsp3) is 0.667. The van der Waals surface area contributed by atoms with Gasteiger partial charge < -0.3 is 5.32 Å². The van der Waals surface area contributed by atoms with Gasteiger partial charge in [0.15, 0.2) is 9.84 Å². The van der Waals surface area contributed by atoms with Gasteiger partial charge in [-0.3, -0.25) is 19.3 Å². The summed E-state index contributed by atoms with van der Waals surface area (Å²) in [5.74, 6) is -2.89. The average molecular weight is 331 g/mol. The number of carbonyl (C=O) groups is 4. The maximum Gasteiger partial charge on any atom is 0.334 e. The van der Waals surface area contributed by atoms with Crippen molar-refractivity contribution < 1.29 is 27.6 Å². The second kappa shape index (κ2) is 5.34. The molecule has 2 rings (SSSR count). The lowest BCUT2D eigenvalue weighted by Crippen LogP contribution is -2.51. The highest BCUT2D eigenvalue weighted by atomic mass is 32.2. The Morgan fingerprint density at radius 1 is 1.23 bits per heavy atom. The third-order valence-electron chi connectivity index (χ3n) is 3.70. The predicted molar refractivity (Wildman–Crippen MR) is 74.3 cm³/mol. The molecular weight excluding hydrogens is 314 g/mol. The highest BCUT2D eigenvalue weighted by Crippen LogP contribution is 2.22. The molecule has 22 heavy (non-hydrogen) atoms. The first-order valence-electron chi connectivity index (χ1n) is 6.77. The predicted octanol–water partition coefficient (Wildman–Crippen LogP) is -1.51. The van der Waals surface area contributed by atoms with Crippen LogP contribution in [0.1, 0.15) is 20.3 Å². The van der Waals surface area contributed by atoms with Crippen molar-refractivity contribution in [1.82, 2.24) is 15.1 Å². The van der Waals surface area contributed by atoms with Gasteiger partial charge in [0, 0.05) is 6.54 Å². The first kappa shape index (κ1) is 16.4. The molecule has 9 nitrogen and oxygen atoms in total. The van der Waals surface area contributed by atoms with Gasteiger partial charge >= 0.3 is 17.8 Å². The zero-order valence-electron chi connectivity index (χ0n) is 12.3. The van der Waals surface area contributed by atoms with Gasteiger partial charge in [-0.2, -0.15) is 0 Å². The number of nitrogens with one attached hydrogen (secondary N) is 1. The molecule has 0 bridgehead atoms. The van der Waals surface area contributed by atoms with Crippen molar-refractivity contribution in [3.8, 4) is 0 Å². The zero-order valence-corrected chi connectivity index (χ0v) is 13.1. The SMILES string of the molecule is CCN1C(=O)C(=O)N(CC(=O)N[C@]2(C)CCS(=O)(=O)C2)C1=O. The largest absolute Gasteiger partial charge is 0.348 e. The molecule has 0 saturated carbocycles. The molecule has 2 fully saturated rings. The number of urea groups is 1. The number of hydrogen-bond acceptors (Lipinski definition) is 6. The lowest BCUT2D eigenvalue weighted by atomic mass is 10.0. The van der Waals surface area contributed by atoms with Gasteiger partial charge in [-0.1, -0.05) is 0 Å². The molecular formula is C12H17N3O6S. The van der Waals surface area contributed by atoms with E-state index in [1.807, 2.05) is 0 Å². The van der Waals surface area contributed by atoms with Crippen LogP contribution in [0.5, 0.6) is 0 Å². The summed E-state index contributed by atoms with van der Waals surface area (Å²) < 4.78 is 23.0. The quantitative estimate of drug-likeness (QED) is 0.494. The lowest BCUT2D eigenvalue weighted by Gasteiger charge is -2.25. The molecule has 0 aliphatic carbocycles. The second-order valence-electron chi connectivity index (χ2n) is 5.67. The molecule has 2 heterocycles. The summed E-state index contributed by atoms with van der Waals surface area (Å²) in [6.45, 7) is 2.57. The van der Waals surface area contributed by atoms with Crippen molar-refractivity contribution in [2.24, 2.45) is 0 Å². The highest BCUT2D eigenvalue weighted by molar-refractivity contribution is 7.91. The summed E-state index contributed by atoms with van der Waals surface area (Å²) in [6.07, 6.45) is 0.267. The van der Waals surface area contributed by atoms with Crippen molar-refractivity contribution in [1.29, 1.82) is 0 Å². The zero-order chi connectivity index (χ0) is 16.7. The minimum atomic E-state index is -3.19. The van der Waals surface area contributed by atoms with E-state index >= 15 is 0 Å². The second-order valence-corrected chi connectivity index (χ2v) is 7.86. The van der Waals surface area contributed by atoms with Crippen molar-refractivity contribution >= 4 is 33.6 Å². The van der Waals surface area contributed by atoms with Crippen LogP contribution >= 0.6 is 0 Å². The monoisotopic (exact) mass is 331 g/mol. The minimum Gasteiger partial charge on any atom is -0.348 e. The van der Waals surface area contributed by atoms with Gasteiger partial charge in [0.05, 0.1) is 17.0 Å². The van der Waals surface area contributed by atoms with Crippen LogP contribution in [-0.2, 0) is 24.2 Å². The molecule has 2 aliphatic heterocycles. The topological polar surface area (TPSA) is 121 Å². The molecule has 10 heteroatoms. The molecule has 5 amide bonds. The Kier molecular flexibility index (Phi) is 3.98. The van der Waals surface area contributed by atoms with Gasteiger partial charge in [0.2, 0.25) is 5.91 Å². The fourth-order valence-corrected chi connectivity index (χ4v) is 4.69. The van der Waals surface area contributed by atoms with Crippen LogP contribution in [0.4, 0.5) is 4.79 Å². The van der Waals surface area contributed by atoms with Crippen LogP contribution in [0.25, 0.3) is 0 Å². The van der Waals surface area contributed by atoms with E-state index < -0.39 is 45.7 Å². The van der Waals surface area contributed by atoms with Gasteiger partial charge in [-0.25, -0.2) is 18.1 Å². The number of hydrogen-bond donors (Lipinski definition) is 1. The lowest BCUT2D eigenvalue weighted by molar-refractivity contribution is -0.144. The van der Waals surface area contributed by atoms with Crippen molar-refractivity contribution in [2.45, 2.75) is 25.8 Å². The Balaban J connectivity index is 2.03. The van der Waals surface area contributed by atoms with Gasteiger partial charge in [-0.15, -0.1) is 0 Å². The number of carbonyl (C=O) groups excluding carboxylic acids is 4. The van der Waals surface area contributed by atoms with Crippen LogP contribution in [0.15, 0.2) is 0 Å². The number of sulfone groups is 1. The molecule has 122 valence electrons. The van der Waals surface area contributed by atoms with E-state index in [0.717, 1.165) is 4.90 Å². The maximum atomic E-state index is 12.0. The Hall–Kier alpha value is -1.97. The van der Waals surface area contributed by atoms with E-state index in [9.17, 15) is 27.6 Å². The van der Waals surface area contributed by atoms with E-state index in [0.29, 0.717) is 4.90 Å². The van der Waals surface area contributed by atoms with Crippen molar-refractivity contribution in [2.75, 3.05) is 24.6 Å². The van der Waals surface area contributed by atoms with Gasteiger partial charge in [0.25, 0.3) is 0 Å². The third-order valence-corrected chi connectivity index (χ3v) is 5.60. The fourth-order valence-electron chi connectivity index (χ4n) is 2.60. The normalized spacial score (nSPS) is 27.6. The van der Waals surface area contributed by atoms with Crippen LogP contribution in [0.3, 0.4) is 0 Å².